The molecule has 138 valence electrons. The van der Waals surface area contributed by atoms with Gasteiger partial charge in [-0.05, 0) is 29.8 Å². The van der Waals surface area contributed by atoms with Crippen LogP contribution in [-0.2, 0) is 9.59 Å². The summed E-state index contributed by atoms with van der Waals surface area (Å²) in [6.45, 7) is 0. The lowest BCUT2D eigenvalue weighted by molar-refractivity contribution is -0.155. The van der Waals surface area contributed by atoms with E-state index in [2.05, 4.69) is 10.4 Å². The molecule has 3 aromatic rings. The molecule has 2 heterocycles. The lowest BCUT2D eigenvalue weighted by Gasteiger charge is -2.43. The Morgan fingerprint density at radius 3 is 2.89 bits per heavy atom. The van der Waals surface area contributed by atoms with Crippen LogP contribution in [0.1, 0.15) is 11.6 Å². The normalized spacial score (nSPS) is 19.1. The van der Waals surface area contributed by atoms with Crippen LogP contribution >= 0.6 is 34.7 Å². The van der Waals surface area contributed by atoms with Gasteiger partial charge in [0.15, 0.2) is 4.34 Å². The lowest BCUT2D eigenvalue weighted by Crippen LogP contribution is -2.63. The van der Waals surface area contributed by atoms with Crippen molar-refractivity contribution in [2.24, 2.45) is 0 Å². The van der Waals surface area contributed by atoms with E-state index < -0.39 is 11.4 Å². The number of phenolic OH excluding ortho intramolecular Hbond substituents is 1. The number of thioether (sulfide) groups is 1. The van der Waals surface area contributed by atoms with Crippen LogP contribution in [0.4, 0.5) is 0 Å². The molecule has 9 heteroatoms. The predicted octanol–water partition coefficient (Wildman–Crippen LogP) is 3.32. The Morgan fingerprint density at radius 2 is 2.11 bits per heavy atom. The average Bonchev–Trinajstić information content (AvgIpc) is 3.08. The number of benzene rings is 2. The minimum Gasteiger partial charge on any atom is -0.508 e. The van der Waals surface area contributed by atoms with E-state index in [1.54, 1.807) is 12.1 Å². The van der Waals surface area contributed by atoms with E-state index in [1.165, 1.54) is 40.2 Å². The minimum absolute atomic E-state index is 0.0772. The van der Waals surface area contributed by atoms with Gasteiger partial charge in [0.1, 0.15) is 17.2 Å². The van der Waals surface area contributed by atoms with Gasteiger partial charge in [-0.25, -0.2) is 9.99 Å². The summed E-state index contributed by atoms with van der Waals surface area (Å²) in [4.78, 5) is 28.8. The number of hydrogen-bond donors (Lipinski definition) is 2. The molecule has 27 heavy (non-hydrogen) atoms. The quantitative estimate of drug-likeness (QED) is 0.376. The number of hydrazine groups is 1. The molecule has 1 saturated heterocycles. The first-order valence-electron chi connectivity index (χ1n) is 8.07. The standard InChI is InChI=1S/C18H14ClN3O3S2/c19-15-16(10-4-3-5-11(23)8-10)22(17(15)25)21-14(24)9-26-18-20-12-6-1-2-7-13(12)27-18/h1-8,15-16,23H,9H2,(H,21,24). The Bertz CT molecular complexity index is 993. The van der Waals surface area contributed by atoms with Gasteiger partial charge >= 0.3 is 0 Å². The van der Waals surface area contributed by atoms with Crippen molar-refractivity contribution < 1.29 is 14.7 Å². The molecule has 1 aliphatic rings. The number of thiazole rings is 1. The fraction of sp³-hybridized carbons (Fsp3) is 0.167. The summed E-state index contributed by atoms with van der Waals surface area (Å²) in [6, 6.07) is 13.7. The second-order valence-corrected chi connectivity index (χ2v) is 8.64. The molecule has 2 amide bonds. The molecule has 0 spiro atoms. The third-order valence-corrected chi connectivity index (χ3v) is 6.69. The molecule has 2 unspecified atom stereocenters. The van der Waals surface area contributed by atoms with Crippen molar-refractivity contribution in [2.45, 2.75) is 15.8 Å². The van der Waals surface area contributed by atoms with Gasteiger partial charge in [-0.15, -0.1) is 22.9 Å². The van der Waals surface area contributed by atoms with E-state index in [9.17, 15) is 14.7 Å². The maximum atomic E-state index is 12.3. The van der Waals surface area contributed by atoms with Gasteiger partial charge in [-0.1, -0.05) is 36.0 Å². The Balaban J connectivity index is 1.40. The van der Waals surface area contributed by atoms with Crippen LogP contribution < -0.4 is 5.43 Å². The van der Waals surface area contributed by atoms with Crippen molar-refractivity contribution in [2.75, 3.05) is 5.75 Å². The van der Waals surface area contributed by atoms with Crippen LogP contribution in [0.15, 0.2) is 52.9 Å². The number of para-hydroxylation sites is 1. The number of fused-ring (bicyclic) bond motifs is 1. The van der Waals surface area contributed by atoms with Gasteiger partial charge in [-0.3, -0.25) is 15.0 Å². The number of amides is 2. The van der Waals surface area contributed by atoms with Crippen molar-refractivity contribution >= 4 is 56.7 Å². The molecule has 1 fully saturated rings. The Morgan fingerprint density at radius 1 is 1.30 bits per heavy atom. The number of alkyl halides is 1. The SMILES string of the molecule is O=C(CSc1nc2ccccc2s1)NN1C(=O)C(Cl)C1c1cccc(O)c1. The zero-order valence-corrected chi connectivity index (χ0v) is 16.2. The van der Waals surface area contributed by atoms with Crippen LogP contribution in [-0.4, -0.2) is 38.0 Å². The van der Waals surface area contributed by atoms with E-state index in [1.807, 2.05) is 24.3 Å². The van der Waals surface area contributed by atoms with Crippen LogP contribution in [0.25, 0.3) is 10.2 Å². The van der Waals surface area contributed by atoms with Gasteiger partial charge in [0.25, 0.3) is 5.91 Å². The Kier molecular flexibility index (Phi) is 4.94. The fourth-order valence-electron chi connectivity index (χ4n) is 2.81. The number of nitrogens with one attached hydrogen (secondary N) is 1. The molecule has 2 atom stereocenters. The van der Waals surface area contributed by atoms with Gasteiger partial charge in [0.05, 0.1) is 16.0 Å². The number of carbonyl (C=O) groups is 2. The Hall–Kier alpha value is -2.29. The third kappa shape index (κ3) is 3.60. The molecular weight excluding hydrogens is 406 g/mol. The maximum Gasteiger partial charge on any atom is 0.262 e. The summed E-state index contributed by atoms with van der Waals surface area (Å²) in [5, 5.41) is 10.1. The predicted molar refractivity (Wildman–Crippen MR) is 106 cm³/mol. The number of halogens is 1. The number of phenols is 1. The molecule has 0 saturated carbocycles. The van der Waals surface area contributed by atoms with Crippen LogP contribution in [0.3, 0.4) is 0 Å². The van der Waals surface area contributed by atoms with Crippen molar-refractivity contribution in [3.63, 3.8) is 0 Å². The average molecular weight is 420 g/mol. The molecule has 0 aliphatic carbocycles. The van der Waals surface area contributed by atoms with Gasteiger partial charge in [0.2, 0.25) is 5.91 Å². The zero-order valence-electron chi connectivity index (χ0n) is 13.8. The molecule has 4 rings (SSSR count). The van der Waals surface area contributed by atoms with Crippen molar-refractivity contribution in [3.05, 3.63) is 54.1 Å². The van der Waals surface area contributed by atoms with Crippen molar-refractivity contribution in [3.8, 4) is 5.75 Å². The molecular formula is C18H14ClN3O3S2. The highest BCUT2D eigenvalue weighted by Gasteiger charge is 2.48. The molecule has 0 bridgehead atoms. The van der Waals surface area contributed by atoms with E-state index in [0.29, 0.717) is 5.56 Å². The number of nitrogens with zero attached hydrogens (tertiary/aromatic N) is 2. The second-order valence-electron chi connectivity index (χ2n) is 5.92. The molecule has 6 nitrogen and oxygen atoms in total. The number of aromatic hydroxyl groups is 1. The van der Waals surface area contributed by atoms with Crippen LogP contribution in [0, 0.1) is 0 Å². The summed E-state index contributed by atoms with van der Waals surface area (Å²) in [6.07, 6.45) is 0. The first-order valence-corrected chi connectivity index (χ1v) is 10.3. The second kappa shape index (κ2) is 7.38. The smallest absolute Gasteiger partial charge is 0.262 e. The monoisotopic (exact) mass is 419 g/mol. The largest absolute Gasteiger partial charge is 0.508 e. The summed E-state index contributed by atoms with van der Waals surface area (Å²) < 4.78 is 1.85. The van der Waals surface area contributed by atoms with E-state index in [4.69, 9.17) is 11.6 Å². The van der Waals surface area contributed by atoms with Crippen molar-refractivity contribution in [1.82, 2.24) is 15.4 Å². The highest BCUT2D eigenvalue weighted by atomic mass is 35.5. The van der Waals surface area contributed by atoms with E-state index in [-0.39, 0.29) is 23.3 Å². The zero-order chi connectivity index (χ0) is 19.0. The first kappa shape index (κ1) is 18.1. The van der Waals surface area contributed by atoms with Crippen LogP contribution in [0.2, 0.25) is 0 Å². The van der Waals surface area contributed by atoms with E-state index >= 15 is 0 Å². The summed E-state index contributed by atoms with van der Waals surface area (Å²) in [5.41, 5.74) is 4.16. The topological polar surface area (TPSA) is 82.5 Å². The minimum atomic E-state index is -0.774. The number of rotatable bonds is 5. The molecule has 0 radical (unpaired) electrons. The van der Waals surface area contributed by atoms with Crippen LogP contribution in [0.5, 0.6) is 5.75 Å². The number of hydrogen-bond acceptors (Lipinski definition) is 6. The molecule has 1 aromatic heterocycles. The van der Waals surface area contributed by atoms with E-state index in [0.717, 1.165) is 14.6 Å². The summed E-state index contributed by atoms with van der Waals surface area (Å²) in [7, 11) is 0. The van der Waals surface area contributed by atoms with Gasteiger partial charge in [-0.2, -0.15) is 0 Å². The first-order chi connectivity index (χ1) is 13.0. The summed E-state index contributed by atoms with van der Waals surface area (Å²) >= 11 is 8.95. The third-order valence-electron chi connectivity index (χ3n) is 4.09. The fourth-order valence-corrected chi connectivity index (χ4v) is 5.04. The highest BCUT2D eigenvalue weighted by molar-refractivity contribution is 8.01. The maximum absolute atomic E-state index is 12.3. The Labute approximate surface area is 168 Å². The highest BCUT2D eigenvalue weighted by Crippen LogP contribution is 2.38. The molecule has 2 aromatic carbocycles. The van der Waals surface area contributed by atoms with Gasteiger partial charge in [0, 0.05) is 0 Å². The summed E-state index contributed by atoms with van der Waals surface area (Å²) in [5.74, 6) is -0.485. The lowest BCUT2D eigenvalue weighted by atomic mass is 9.95. The van der Waals surface area contributed by atoms with Gasteiger partial charge < -0.3 is 5.11 Å². The number of aromatic nitrogens is 1. The number of β-lactam (4-membered cyclic amide) rings is 1. The molecule has 1 aliphatic heterocycles. The molecule has 2 N–H and O–H groups in total. The number of carbonyl (C=O) groups excluding carboxylic acids is 2. The van der Waals surface area contributed by atoms with Crippen molar-refractivity contribution in [1.29, 1.82) is 0 Å².